The number of nitrogens with one attached hydrogen (secondary N) is 1. The van der Waals surface area contributed by atoms with Crippen LogP contribution in [0, 0.1) is 0 Å². The van der Waals surface area contributed by atoms with Crippen molar-refractivity contribution in [1.82, 2.24) is 5.32 Å². The molecule has 1 amide bonds. The van der Waals surface area contributed by atoms with Crippen molar-refractivity contribution in [3.8, 4) is 0 Å². The highest BCUT2D eigenvalue weighted by Crippen LogP contribution is 2.30. The van der Waals surface area contributed by atoms with E-state index < -0.39 is 0 Å². The minimum Gasteiger partial charge on any atom is -0.381 e. The molecule has 0 aromatic heterocycles. The van der Waals surface area contributed by atoms with Gasteiger partial charge in [-0.25, -0.2) is 0 Å². The Hall–Kier alpha value is -1.52. The Morgan fingerprint density at radius 2 is 1.96 bits per heavy atom. The lowest BCUT2D eigenvalue weighted by Crippen LogP contribution is -2.39. The van der Waals surface area contributed by atoms with Gasteiger partial charge in [0.15, 0.2) is 0 Å². The molecule has 0 saturated carbocycles. The highest BCUT2D eigenvalue weighted by Gasteiger charge is 2.17. The summed E-state index contributed by atoms with van der Waals surface area (Å²) in [4.78, 5) is 12.1. The molecule has 122 valence electrons. The molecule has 1 saturated heterocycles. The van der Waals surface area contributed by atoms with Crippen LogP contribution in [-0.4, -0.2) is 30.9 Å². The number of thioether (sulfide) groups is 1. The quantitative estimate of drug-likeness (QED) is 0.903. The van der Waals surface area contributed by atoms with Gasteiger partial charge >= 0.3 is 0 Å². The van der Waals surface area contributed by atoms with Gasteiger partial charge in [-0.2, -0.15) is 0 Å². The van der Waals surface area contributed by atoms with Crippen LogP contribution in [0.1, 0.15) is 30.6 Å². The molecule has 0 bridgehead atoms. The molecule has 2 aromatic rings. The lowest BCUT2D eigenvalue weighted by Gasteiger charge is -2.23. The normalized spacial score (nSPS) is 17.1. The average Bonchev–Trinajstić information content (AvgIpc) is 2.60. The molecule has 0 spiro atoms. The molecule has 1 aliphatic rings. The number of hydrogen-bond acceptors (Lipinski definition) is 3. The third-order valence-electron chi connectivity index (χ3n) is 4.29. The van der Waals surface area contributed by atoms with E-state index in [-0.39, 0.29) is 11.9 Å². The Bertz CT molecular complexity index is 667. The first-order valence-corrected chi connectivity index (χ1v) is 9.24. The van der Waals surface area contributed by atoms with E-state index in [4.69, 9.17) is 4.74 Å². The highest BCUT2D eigenvalue weighted by molar-refractivity contribution is 8.00. The number of carbonyl (C=O) groups excluding carboxylic acids is 1. The van der Waals surface area contributed by atoms with Crippen molar-refractivity contribution < 1.29 is 9.53 Å². The summed E-state index contributed by atoms with van der Waals surface area (Å²) in [5.41, 5.74) is 1.27. The molecule has 2 aromatic carbocycles. The van der Waals surface area contributed by atoms with Gasteiger partial charge in [-0.1, -0.05) is 42.5 Å². The number of benzene rings is 2. The summed E-state index contributed by atoms with van der Waals surface area (Å²) in [5.74, 6) is 0.639. The van der Waals surface area contributed by atoms with E-state index >= 15 is 0 Å². The van der Waals surface area contributed by atoms with Crippen LogP contribution in [-0.2, 0) is 9.53 Å². The zero-order chi connectivity index (χ0) is 16.1. The minimum atomic E-state index is 0.134. The second-order valence-electron chi connectivity index (χ2n) is 6.01. The third-order valence-corrected chi connectivity index (χ3v) is 5.49. The molecule has 1 N–H and O–H groups in total. The fourth-order valence-corrected chi connectivity index (χ4v) is 3.69. The molecule has 0 unspecified atom stereocenters. The van der Waals surface area contributed by atoms with Crippen molar-refractivity contribution >= 4 is 28.4 Å². The second-order valence-corrected chi connectivity index (χ2v) is 7.34. The van der Waals surface area contributed by atoms with Crippen molar-refractivity contribution in [3.63, 3.8) is 0 Å². The summed E-state index contributed by atoms with van der Waals surface area (Å²) in [6, 6.07) is 15.2. The molecule has 1 heterocycles. The van der Waals surface area contributed by atoms with Crippen molar-refractivity contribution in [1.29, 1.82) is 0 Å². The van der Waals surface area contributed by atoms with Crippen molar-refractivity contribution in [2.24, 2.45) is 0 Å². The first-order chi connectivity index (χ1) is 11.2. The number of hydrogen-bond donors (Lipinski definition) is 1. The summed E-state index contributed by atoms with van der Waals surface area (Å²) in [7, 11) is 0. The van der Waals surface area contributed by atoms with Crippen LogP contribution in [0.3, 0.4) is 0 Å². The smallest absolute Gasteiger partial charge is 0.230 e. The summed E-state index contributed by atoms with van der Waals surface area (Å²) < 4.78 is 5.32. The summed E-state index contributed by atoms with van der Waals surface area (Å²) in [6.07, 6.45) is 1.85. The average molecular weight is 329 g/mol. The van der Waals surface area contributed by atoms with Crippen LogP contribution in [0.5, 0.6) is 0 Å². The lowest BCUT2D eigenvalue weighted by molar-refractivity contribution is -0.119. The van der Waals surface area contributed by atoms with E-state index in [0.29, 0.717) is 11.0 Å². The summed E-state index contributed by atoms with van der Waals surface area (Å²) in [5, 5.41) is 5.93. The topological polar surface area (TPSA) is 38.3 Å². The van der Waals surface area contributed by atoms with Gasteiger partial charge in [0, 0.05) is 24.5 Å². The fraction of sp³-hybridized carbons (Fsp3) is 0.421. The summed E-state index contributed by atoms with van der Waals surface area (Å²) >= 11 is 1.69. The Balaban J connectivity index is 1.53. The lowest BCUT2D eigenvalue weighted by atomic mass is 10.1. The van der Waals surface area contributed by atoms with Gasteiger partial charge in [0.2, 0.25) is 5.91 Å². The standard InChI is InChI=1S/C19H23NO2S/c1-14(16-7-6-15-4-2-3-5-17(15)12-16)23-13-19(21)20-18-8-10-22-11-9-18/h2-7,12,14,18H,8-11,13H2,1H3,(H,20,21)/t14-/m1/s1. The predicted molar refractivity (Wildman–Crippen MR) is 96.8 cm³/mol. The zero-order valence-corrected chi connectivity index (χ0v) is 14.3. The van der Waals surface area contributed by atoms with Gasteiger partial charge in [0.25, 0.3) is 0 Å². The number of amides is 1. The van der Waals surface area contributed by atoms with Crippen LogP contribution >= 0.6 is 11.8 Å². The first kappa shape index (κ1) is 16.3. The van der Waals surface area contributed by atoms with Crippen molar-refractivity contribution in [3.05, 3.63) is 48.0 Å². The molecular formula is C19H23NO2S. The van der Waals surface area contributed by atoms with E-state index in [2.05, 4.69) is 54.7 Å². The molecule has 23 heavy (non-hydrogen) atoms. The second kappa shape index (κ2) is 7.84. The SMILES string of the molecule is C[C@@H](SCC(=O)NC1CCOCC1)c1ccc2ccccc2c1. The van der Waals surface area contributed by atoms with E-state index in [0.717, 1.165) is 26.1 Å². The van der Waals surface area contributed by atoms with Crippen LogP contribution in [0.25, 0.3) is 10.8 Å². The summed E-state index contributed by atoms with van der Waals surface area (Å²) in [6.45, 7) is 3.67. The number of ether oxygens (including phenoxy) is 1. The maximum atomic E-state index is 12.1. The van der Waals surface area contributed by atoms with Crippen molar-refractivity contribution in [2.75, 3.05) is 19.0 Å². The molecule has 4 heteroatoms. The zero-order valence-electron chi connectivity index (χ0n) is 13.5. The van der Waals surface area contributed by atoms with E-state index in [1.54, 1.807) is 11.8 Å². The Morgan fingerprint density at radius 1 is 1.22 bits per heavy atom. The number of carbonyl (C=O) groups is 1. The molecule has 0 radical (unpaired) electrons. The van der Waals surface area contributed by atoms with Crippen molar-refractivity contribution in [2.45, 2.75) is 31.1 Å². The molecule has 1 aliphatic heterocycles. The van der Waals surface area contributed by atoms with E-state index in [9.17, 15) is 4.79 Å². The van der Waals surface area contributed by atoms with Crippen LogP contribution in [0.15, 0.2) is 42.5 Å². The molecule has 1 fully saturated rings. The molecule has 1 atom stereocenters. The predicted octanol–water partition coefficient (Wildman–Crippen LogP) is 3.93. The molecule has 3 rings (SSSR count). The monoisotopic (exact) mass is 329 g/mol. The Kier molecular flexibility index (Phi) is 5.57. The maximum absolute atomic E-state index is 12.1. The van der Waals surface area contributed by atoms with Gasteiger partial charge in [-0.3, -0.25) is 4.79 Å². The largest absolute Gasteiger partial charge is 0.381 e. The Morgan fingerprint density at radius 3 is 2.74 bits per heavy atom. The first-order valence-electron chi connectivity index (χ1n) is 8.20. The minimum absolute atomic E-state index is 0.134. The van der Waals surface area contributed by atoms with E-state index in [1.165, 1.54) is 16.3 Å². The highest BCUT2D eigenvalue weighted by atomic mass is 32.2. The molecule has 0 aliphatic carbocycles. The molecular weight excluding hydrogens is 306 g/mol. The Labute approximate surface area is 141 Å². The van der Waals surface area contributed by atoms with Gasteiger partial charge in [0.1, 0.15) is 0 Å². The maximum Gasteiger partial charge on any atom is 0.230 e. The van der Waals surface area contributed by atoms with Crippen LogP contribution in [0.4, 0.5) is 0 Å². The molecule has 3 nitrogen and oxygen atoms in total. The number of rotatable bonds is 5. The number of fused-ring (bicyclic) bond motifs is 1. The van der Waals surface area contributed by atoms with Crippen LogP contribution in [0.2, 0.25) is 0 Å². The van der Waals surface area contributed by atoms with Gasteiger partial charge in [-0.05, 0) is 36.1 Å². The van der Waals surface area contributed by atoms with Gasteiger partial charge in [-0.15, -0.1) is 11.8 Å². The van der Waals surface area contributed by atoms with Crippen LogP contribution < -0.4 is 5.32 Å². The van der Waals surface area contributed by atoms with E-state index in [1.807, 2.05) is 0 Å². The third kappa shape index (κ3) is 4.49. The van der Waals surface area contributed by atoms with Gasteiger partial charge < -0.3 is 10.1 Å². The fourth-order valence-electron chi connectivity index (χ4n) is 2.87. The van der Waals surface area contributed by atoms with Gasteiger partial charge in [0.05, 0.1) is 5.75 Å².